The van der Waals surface area contributed by atoms with E-state index in [0.717, 1.165) is 36.3 Å². The van der Waals surface area contributed by atoms with Crippen LogP contribution in [0.15, 0.2) is 0 Å². The fourth-order valence-electron chi connectivity index (χ4n) is 3.34. The van der Waals surface area contributed by atoms with Gasteiger partial charge in [-0.3, -0.25) is 9.48 Å². The summed E-state index contributed by atoms with van der Waals surface area (Å²) in [6, 6.07) is 0. The summed E-state index contributed by atoms with van der Waals surface area (Å²) in [5.41, 5.74) is 2.24. The quantitative estimate of drug-likeness (QED) is 0.877. The summed E-state index contributed by atoms with van der Waals surface area (Å²) in [6.07, 6.45) is 5.38. The lowest BCUT2D eigenvalue weighted by Crippen LogP contribution is -2.41. The molecular formula is C14H22N4O3S. The minimum absolute atomic E-state index is 0.0224. The third-order valence-electron chi connectivity index (χ3n) is 4.60. The summed E-state index contributed by atoms with van der Waals surface area (Å²) in [5, 5.41) is 7.46. The van der Waals surface area contributed by atoms with Gasteiger partial charge in [-0.15, -0.1) is 0 Å². The highest BCUT2D eigenvalue weighted by Crippen LogP contribution is 2.29. The van der Waals surface area contributed by atoms with E-state index in [1.54, 1.807) is 4.68 Å². The lowest BCUT2D eigenvalue weighted by Gasteiger charge is -2.29. The molecule has 1 aromatic heterocycles. The van der Waals surface area contributed by atoms with Gasteiger partial charge in [-0.05, 0) is 32.1 Å². The smallest absolute Gasteiger partial charge is 0.228 e. The third-order valence-corrected chi connectivity index (χ3v) is 5.91. The predicted octanol–water partition coefficient (Wildman–Crippen LogP) is 0.519. The molecule has 0 atom stereocenters. The summed E-state index contributed by atoms with van der Waals surface area (Å²) in [6.45, 7) is 0.834. The number of sulfonamides is 1. The molecule has 122 valence electrons. The average molecular weight is 326 g/mol. The van der Waals surface area contributed by atoms with Gasteiger partial charge in [0, 0.05) is 31.6 Å². The molecule has 0 spiro atoms. The van der Waals surface area contributed by atoms with Crippen molar-refractivity contribution in [3.8, 4) is 0 Å². The fourth-order valence-corrected chi connectivity index (χ4v) is 4.22. The maximum Gasteiger partial charge on any atom is 0.228 e. The molecule has 1 saturated heterocycles. The SMILES string of the molecule is Cn1nc2c(c1NC(=O)C1CCN(S(C)(=O)=O)CC1)CCC2. The highest BCUT2D eigenvalue weighted by atomic mass is 32.2. The Morgan fingerprint density at radius 2 is 1.95 bits per heavy atom. The summed E-state index contributed by atoms with van der Waals surface area (Å²) >= 11 is 0. The number of carbonyl (C=O) groups excluding carboxylic acids is 1. The first-order valence-corrected chi connectivity index (χ1v) is 9.52. The first kappa shape index (κ1) is 15.5. The number of hydrogen-bond acceptors (Lipinski definition) is 4. The van der Waals surface area contributed by atoms with Gasteiger partial charge in [0.2, 0.25) is 15.9 Å². The van der Waals surface area contributed by atoms with Crippen LogP contribution in [0.5, 0.6) is 0 Å². The van der Waals surface area contributed by atoms with E-state index >= 15 is 0 Å². The van der Waals surface area contributed by atoms with E-state index in [4.69, 9.17) is 0 Å². The second kappa shape index (κ2) is 5.66. The van der Waals surface area contributed by atoms with Gasteiger partial charge in [-0.25, -0.2) is 12.7 Å². The molecule has 1 aromatic rings. The van der Waals surface area contributed by atoms with Crippen LogP contribution in [0.3, 0.4) is 0 Å². The van der Waals surface area contributed by atoms with Crippen LogP contribution < -0.4 is 5.32 Å². The third kappa shape index (κ3) is 2.89. The molecule has 2 aliphatic rings. The van der Waals surface area contributed by atoms with Crippen molar-refractivity contribution in [3.05, 3.63) is 11.3 Å². The Labute approximate surface area is 130 Å². The van der Waals surface area contributed by atoms with Crippen molar-refractivity contribution in [2.75, 3.05) is 24.7 Å². The number of aryl methyl sites for hydroxylation is 2. The van der Waals surface area contributed by atoms with Gasteiger partial charge in [-0.1, -0.05) is 0 Å². The molecule has 22 heavy (non-hydrogen) atoms. The molecule has 8 heteroatoms. The van der Waals surface area contributed by atoms with Crippen molar-refractivity contribution in [1.82, 2.24) is 14.1 Å². The average Bonchev–Trinajstić information content (AvgIpc) is 3.01. The van der Waals surface area contributed by atoms with Gasteiger partial charge < -0.3 is 5.32 Å². The zero-order chi connectivity index (χ0) is 15.9. The summed E-state index contributed by atoms with van der Waals surface area (Å²) < 4.78 is 26.2. The molecule has 1 aliphatic carbocycles. The van der Waals surface area contributed by atoms with E-state index in [1.165, 1.54) is 10.6 Å². The van der Waals surface area contributed by atoms with Crippen LogP contribution in [0.1, 0.15) is 30.5 Å². The maximum absolute atomic E-state index is 12.5. The van der Waals surface area contributed by atoms with Crippen molar-refractivity contribution < 1.29 is 13.2 Å². The molecule has 1 amide bonds. The second-order valence-electron chi connectivity index (χ2n) is 6.18. The van der Waals surface area contributed by atoms with E-state index in [-0.39, 0.29) is 11.8 Å². The Morgan fingerprint density at radius 1 is 1.27 bits per heavy atom. The van der Waals surface area contributed by atoms with Crippen molar-refractivity contribution in [3.63, 3.8) is 0 Å². The number of aromatic nitrogens is 2. The number of nitrogens with one attached hydrogen (secondary N) is 1. The molecule has 0 saturated carbocycles. The molecule has 1 N–H and O–H groups in total. The van der Waals surface area contributed by atoms with Crippen LogP contribution >= 0.6 is 0 Å². The van der Waals surface area contributed by atoms with Crippen LogP contribution in [0, 0.1) is 5.92 Å². The molecule has 0 aromatic carbocycles. The number of nitrogens with zero attached hydrogens (tertiary/aromatic N) is 3. The van der Waals surface area contributed by atoms with Crippen LogP contribution in [0.4, 0.5) is 5.82 Å². The van der Waals surface area contributed by atoms with Gasteiger partial charge in [0.15, 0.2) is 0 Å². The van der Waals surface area contributed by atoms with E-state index in [2.05, 4.69) is 10.4 Å². The van der Waals surface area contributed by atoms with Gasteiger partial charge >= 0.3 is 0 Å². The Hall–Kier alpha value is -1.41. The standard InChI is InChI=1S/C14H22N4O3S/c1-17-13(11-4-3-5-12(11)16-17)15-14(19)10-6-8-18(9-7-10)22(2,20)21/h10H,3-9H2,1-2H3,(H,15,19). The summed E-state index contributed by atoms with van der Waals surface area (Å²) in [5.74, 6) is 0.652. The Kier molecular flexibility index (Phi) is 3.98. The van der Waals surface area contributed by atoms with Crippen molar-refractivity contribution in [2.24, 2.45) is 13.0 Å². The number of rotatable bonds is 3. The highest BCUT2D eigenvalue weighted by molar-refractivity contribution is 7.88. The Bertz CT molecular complexity index is 687. The van der Waals surface area contributed by atoms with E-state index in [0.29, 0.717) is 25.9 Å². The zero-order valence-corrected chi connectivity index (χ0v) is 13.8. The number of piperidine rings is 1. The first-order valence-electron chi connectivity index (χ1n) is 7.67. The number of hydrogen-bond donors (Lipinski definition) is 1. The minimum atomic E-state index is -3.15. The lowest BCUT2D eigenvalue weighted by molar-refractivity contribution is -0.121. The van der Waals surface area contributed by atoms with E-state index < -0.39 is 10.0 Å². The van der Waals surface area contributed by atoms with Crippen LogP contribution in [-0.4, -0.2) is 47.8 Å². The number of fused-ring (bicyclic) bond motifs is 1. The summed E-state index contributed by atoms with van der Waals surface area (Å²) in [7, 11) is -1.30. The number of carbonyl (C=O) groups is 1. The zero-order valence-electron chi connectivity index (χ0n) is 13.0. The highest BCUT2D eigenvalue weighted by Gasteiger charge is 2.30. The van der Waals surface area contributed by atoms with Crippen molar-refractivity contribution >= 4 is 21.7 Å². The number of anilines is 1. The van der Waals surface area contributed by atoms with Crippen molar-refractivity contribution in [2.45, 2.75) is 32.1 Å². The van der Waals surface area contributed by atoms with Crippen LogP contribution in [0.2, 0.25) is 0 Å². The molecule has 7 nitrogen and oxygen atoms in total. The fraction of sp³-hybridized carbons (Fsp3) is 0.714. The van der Waals surface area contributed by atoms with E-state index in [9.17, 15) is 13.2 Å². The molecule has 1 fully saturated rings. The van der Waals surface area contributed by atoms with E-state index in [1.807, 2.05) is 7.05 Å². The molecule has 1 aliphatic heterocycles. The molecule has 0 bridgehead atoms. The Balaban J connectivity index is 1.64. The largest absolute Gasteiger partial charge is 0.310 e. The van der Waals surface area contributed by atoms with Gasteiger partial charge in [0.25, 0.3) is 0 Å². The molecule has 0 unspecified atom stereocenters. The van der Waals surface area contributed by atoms with Gasteiger partial charge in [-0.2, -0.15) is 5.10 Å². The van der Waals surface area contributed by atoms with Crippen LogP contribution in [-0.2, 0) is 34.7 Å². The number of amides is 1. The van der Waals surface area contributed by atoms with Gasteiger partial charge in [0.05, 0.1) is 11.9 Å². The predicted molar refractivity (Wildman–Crippen MR) is 83.0 cm³/mol. The van der Waals surface area contributed by atoms with Crippen molar-refractivity contribution in [1.29, 1.82) is 0 Å². The molecule has 0 radical (unpaired) electrons. The minimum Gasteiger partial charge on any atom is -0.310 e. The topological polar surface area (TPSA) is 84.3 Å². The lowest BCUT2D eigenvalue weighted by atomic mass is 9.97. The van der Waals surface area contributed by atoms with Crippen LogP contribution in [0.25, 0.3) is 0 Å². The van der Waals surface area contributed by atoms with Gasteiger partial charge in [0.1, 0.15) is 5.82 Å². The molecular weight excluding hydrogens is 304 g/mol. The summed E-state index contributed by atoms with van der Waals surface area (Å²) in [4.78, 5) is 12.5. The monoisotopic (exact) mass is 326 g/mol. The molecule has 3 rings (SSSR count). The second-order valence-corrected chi connectivity index (χ2v) is 8.16. The normalized spacial score (nSPS) is 20.1. The molecule has 2 heterocycles. The Morgan fingerprint density at radius 3 is 2.59 bits per heavy atom. The maximum atomic E-state index is 12.5. The first-order chi connectivity index (χ1) is 10.4.